The zero-order valence-electron chi connectivity index (χ0n) is 13.8. The smallest absolute Gasteiger partial charge is 0.0710 e. The maximum Gasteiger partial charge on any atom is 0.0710 e. The Hall–Kier alpha value is -0.120. The summed E-state index contributed by atoms with van der Waals surface area (Å²) in [6, 6.07) is 0. The third-order valence-electron chi connectivity index (χ3n) is 6.09. The van der Waals surface area contributed by atoms with Gasteiger partial charge in [0.05, 0.1) is 11.7 Å². The minimum absolute atomic E-state index is 0.158. The van der Waals surface area contributed by atoms with Gasteiger partial charge in [-0.1, -0.05) is 33.1 Å². The third-order valence-corrected chi connectivity index (χ3v) is 6.09. The van der Waals surface area contributed by atoms with Crippen molar-refractivity contribution in [3.63, 3.8) is 0 Å². The lowest BCUT2D eigenvalue weighted by molar-refractivity contribution is -0.0782. The first-order valence-corrected chi connectivity index (χ1v) is 8.69. The molecule has 0 aromatic rings. The van der Waals surface area contributed by atoms with E-state index in [1.807, 2.05) is 0 Å². The van der Waals surface area contributed by atoms with Crippen LogP contribution in [0, 0.1) is 0 Å². The second-order valence-corrected chi connectivity index (χ2v) is 7.04. The second-order valence-electron chi connectivity index (χ2n) is 7.04. The zero-order valence-corrected chi connectivity index (χ0v) is 13.8. The molecule has 0 aromatic carbocycles. The topological polar surface area (TPSA) is 38.5 Å². The predicted octanol–water partition coefficient (Wildman–Crippen LogP) is 3.32. The minimum atomic E-state index is 0.158. The highest BCUT2D eigenvalue weighted by atomic mass is 16.5. The van der Waals surface area contributed by atoms with Gasteiger partial charge in [-0.15, -0.1) is 0 Å². The average molecular weight is 282 g/mol. The molecule has 1 heterocycles. The first-order chi connectivity index (χ1) is 9.60. The summed E-state index contributed by atoms with van der Waals surface area (Å²) in [7, 11) is 2.23. The van der Waals surface area contributed by atoms with Gasteiger partial charge in [-0.05, 0) is 45.6 Å². The van der Waals surface area contributed by atoms with Crippen molar-refractivity contribution in [2.24, 2.45) is 5.73 Å². The molecule has 1 aliphatic carbocycles. The molecule has 1 saturated carbocycles. The fourth-order valence-corrected chi connectivity index (χ4v) is 4.32. The van der Waals surface area contributed by atoms with Crippen LogP contribution in [-0.4, -0.2) is 42.3 Å². The minimum Gasteiger partial charge on any atom is -0.370 e. The number of nitrogens with two attached hydrogens (primary N) is 1. The fraction of sp³-hybridized carbons (Fsp3) is 1.00. The highest BCUT2D eigenvalue weighted by Gasteiger charge is 2.42. The van der Waals surface area contributed by atoms with Crippen LogP contribution in [-0.2, 0) is 4.74 Å². The Morgan fingerprint density at radius 2 is 1.80 bits per heavy atom. The Morgan fingerprint density at radius 3 is 2.35 bits per heavy atom. The fourth-order valence-electron chi connectivity index (χ4n) is 4.32. The van der Waals surface area contributed by atoms with Gasteiger partial charge in [-0.3, -0.25) is 4.90 Å². The van der Waals surface area contributed by atoms with Crippen molar-refractivity contribution in [3.8, 4) is 0 Å². The van der Waals surface area contributed by atoms with Crippen LogP contribution in [0.2, 0.25) is 0 Å². The number of likely N-dealkylation sites (N-methyl/N-ethyl adjacent to an activating group) is 1. The van der Waals surface area contributed by atoms with Crippen LogP contribution in [0.25, 0.3) is 0 Å². The molecule has 2 aliphatic rings. The molecule has 0 radical (unpaired) electrons. The van der Waals surface area contributed by atoms with E-state index in [4.69, 9.17) is 10.5 Å². The lowest BCUT2D eigenvalue weighted by atomic mass is 9.83. The van der Waals surface area contributed by atoms with E-state index in [2.05, 4.69) is 25.8 Å². The van der Waals surface area contributed by atoms with Gasteiger partial charge in [0.15, 0.2) is 0 Å². The normalized spacial score (nSPS) is 26.6. The molecule has 0 bridgehead atoms. The van der Waals surface area contributed by atoms with Crippen LogP contribution in [0.5, 0.6) is 0 Å². The summed E-state index contributed by atoms with van der Waals surface area (Å²) >= 11 is 0. The van der Waals surface area contributed by atoms with Gasteiger partial charge >= 0.3 is 0 Å². The summed E-state index contributed by atoms with van der Waals surface area (Å²) in [6.07, 6.45) is 11.9. The van der Waals surface area contributed by atoms with Gasteiger partial charge in [0.2, 0.25) is 0 Å². The molecular weight excluding hydrogens is 248 g/mol. The maximum atomic E-state index is 6.51. The van der Waals surface area contributed by atoms with Crippen molar-refractivity contribution in [2.45, 2.75) is 88.9 Å². The lowest BCUT2D eigenvalue weighted by Gasteiger charge is -2.41. The quantitative estimate of drug-likeness (QED) is 0.812. The molecule has 2 N–H and O–H groups in total. The van der Waals surface area contributed by atoms with Crippen molar-refractivity contribution in [1.82, 2.24) is 4.90 Å². The molecular formula is C17H34N2O. The van der Waals surface area contributed by atoms with E-state index in [1.165, 1.54) is 44.9 Å². The Bertz CT molecular complexity index is 287. The first kappa shape index (κ1) is 16.3. The molecule has 0 amide bonds. The van der Waals surface area contributed by atoms with Crippen molar-refractivity contribution in [2.75, 3.05) is 20.1 Å². The van der Waals surface area contributed by atoms with E-state index in [9.17, 15) is 0 Å². The number of rotatable bonds is 6. The second kappa shape index (κ2) is 6.76. The van der Waals surface area contributed by atoms with Gasteiger partial charge in [-0.2, -0.15) is 0 Å². The Balaban J connectivity index is 1.91. The molecule has 1 aliphatic heterocycles. The molecule has 20 heavy (non-hydrogen) atoms. The Kier molecular flexibility index (Phi) is 5.49. The lowest BCUT2D eigenvalue weighted by Crippen LogP contribution is -2.53. The molecule has 3 heteroatoms. The largest absolute Gasteiger partial charge is 0.370 e. The van der Waals surface area contributed by atoms with Gasteiger partial charge in [-0.25, -0.2) is 0 Å². The Morgan fingerprint density at radius 1 is 1.15 bits per heavy atom. The number of hydrogen-bond acceptors (Lipinski definition) is 3. The molecule has 1 spiro atoms. The van der Waals surface area contributed by atoms with E-state index in [0.717, 1.165) is 25.9 Å². The van der Waals surface area contributed by atoms with Gasteiger partial charge in [0.1, 0.15) is 0 Å². The third kappa shape index (κ3) is 3.20. The van der Waals surface area contributed by atoms with E-state index in [-0.39, 0.29) is 11.1 Å². The molecule has 2 fully saturated rings. The van der Waals surface area contributed by atoms with Crippen LogP contribution in [0.3, 0.4) is 0 Å². The van der Waals surface area contributed by atoms with Crippen LogP contribution in [0.15, 0.2) is 0 Å². The van der Waals surface area contributed by atoms with E-state index in [0.29, 0.717) is 6.10 Å². The number of hydrogen-bond donors (Lipinski definition) is 1. The molecule has 3 nitrogen and oxygen atoms in total. The van der Waals surface area contributed by atoms with Gasteiger partial charge < -0.3 is 10.5 Å². The monoisotopic (exact) mass is 282 g/mol. The van der Waals surface area contributed by atoms with Crippen LogP contribution < -0.4 is 5.73 Å². The number of ether oxygens (including phenoxy) is 1. The van der Waals surface area contributed by atoms with Crippen molar-refractivity contribution in [1.29, 1.82) is 0 Å². The van der Waals surface area contributed by atoms with Gasteiger partial charge in [0, 0.05) is 18.6 Å². The van der Waals surface area contributed by atoms with E-state index in [1.54, 1.807) is 0 Å². The van der Waals surface area contributed by atoms with Crippen LogP contribution >= 0.6 is 0 Å². The zero-order chi connectivity index (χ0) is 14.6. The summed E-state index contributed by atoms with van der Waals surface area (Å²) < 4.78 is 6.51. The summed E-state index contributed by atoms with van der Waals surface area (Å²) in [6.45, 7) is 6.30. The summed E-state index contributed by atoms with van der Waals surface area (Å²) in [5.41, 5.74) is 6.46. The number of nitrogens with zero attached hydrogens (tertiary/aromatic N) is 1. The standard InChI is InChI=1S/C17H34N2O/c1-4-16(5-2,14-18)19(3)13-15-9-12-17(20-15)10-7-6-8-11-17/h15H,4-14,18H2,1-3H3. The van der Waals surface area contributed by atoms with E-state index >= 15 is 0 Å². The summed E-state index contributed by atoms with van der Waals surface area (Å²) in [5.74, 6) is 0. The molecule has 1 saturated heterocycles. The molecule has 2 rings (SSSR count). The highest BCUT2D eigenvalue weighted by molar-refractivity contribution is 4.94. The average Bonchev–Trinajstić information content (AvgIpc) is 2.84. The molecule has 1 atom stereocenters. The van der Waals surface area contributed by atoms with Crippen molar-refractivity contribution < 1.29 is 4.74 Å². The highest BCUT2D eigenvalue weighted by Crippen LogP contribution is 2.42. The van der Waals surface area contributed by atoms with Crippen molar-refractivity contribution in [3.05, 3.63) is 0 Å². The molecule has 118 valence electrons. The Labute approximate surface area is 125 Å². The SMILES string of the molecule is CCC(CC)(CN)N(C)CC1CCC2(CCCCC2)O1. The van der Waals surface area contributed by atoms with Crippen molar-refractivity contribution >= 4 is 0 Å². The van der Waals surface area contributed by atoms with Crippen LogP contribution in [0.4, 0.5) is 0 Å². The van der Waals surface area contributed by atoms with Gasteiger partial charge in [0.25, 0.3) is 0 Å². The molecule has 0 aromatic heterocycles. The van der Waals surface area contributed by atoms with Crippen LogP contribution in [0.1, 0.15) is 71.6 Å². The first-order valence-electron chi connectivity index (χ1n) is 8.69. The summed E-state index contributed by atoms with van der Waals surface area (Å²) in [5, 5.41) is 0. The molecule has 1 unspecified atom stereocenters. The summed E-state index contributed by atoms with van der Waals surface area (Å²) in [4.78, 5) is 2.47. The maximum absolute atomic E-state index is 6.51. The van der Waals surface area contributed by atoms with E-state index < -0.39 is 0 Å². The predicted molar refractivity (Wildman–Crippen MR) is 84.9 cm³/mol.